The van der Waals surface area contributed by atoms with E-state index in [1.807, 2.05) is 14.1 Å². The molecule has 4 nitrogen and oxygen atoms in total. The minimum atomic E-state index is -0.921. The number of aryl methyl sites for hydroxylation is 1. The summed E-state index contributed by atoms with van der Waals surface area (Å²) in [6, 6.07) is 0. The molecule has 0 unspecified atom stereocenters. The maximum absolute atomic E-state index is 10.5. The molecule has 0 amide bonds. The van der Waals surface area contributed by atoms with Crippen LogP contribution >= 0.6 is 11.3 Å². The second-order valence-electron chi connectivity index (χ2n) is 4.08. The largest absolute Gasteiger partial charge is 0.478 e. The minimum Gasteiger partial charge on any atom is -0.478 e. The van der Waals surface area contributed by atoms with E-state index < -0.39 is 5.97 Å². The van der Waals surface area contributed by atoms with Crippen LogP contribution in [0.2, 0.25) is 0 Å². The summed E-state index contributed by atoms with van der Waals surface area (Å²) in [5.74, 6) is -0.921. The summed E-state index contributed by atoms with van der Waals surface area (Å²) in [5, 5.41) is 9.67. The first-order valence-electron chi connectivity index (χ1n) is 5.57. The van der Waals surface area contributed by atoms with Crippen LogP contribution in [0.15, 0.2) is 6.08 Å². The molecule has 1 rings (SSSR count). The average molecular weight is 254 g/mol. The fraction of sp³-hybridized carbons (Fsp3) is 0.500. The first-order chi connectivity index (χ1) is 8.02. The Morgan fingerprint density at radius 3 is 2.76 bits per heavy atom. The Balaban J connectivity index is 2.92. The minimum absolute atomic E-state index is 0.794. The van der Waals surface area contributed by atoms with Crippen LogP contribution in [-0.2, 0) is 17.8 Å². The van der Waals surface area contributed by atoms with Gasteiger partial charge in [-0.05, 0) is 26.6 Å². The summed E-state index contributed by atoms with van der Waals surface area (Å²) >= 11 is 1.57. The number of carboxylic acids is 1. The third kappa shape index (κ3) is 4.66. The van der Waals surface area contributed by atoms with Gasteiger partial charge < -0.3 is 10.0 Å². The summed E-state index contributed by atoms with van der Waals surface area (Å²) in [7, 11) is 3.99. The molecule has 1 heterocycles. The summed E-state index contributed by atoms with van der Waals surface area (Å²) in [6.45, 7) is 2.89. The Bertz CT molecular complexity index is 411. The van der Waals surface area contributed by atoms with Crippen LogP contribution in [0.5, 0.6) is 0 Å². The third-order valence-corrected chi connectivity index (χ3v) is 3.14. The molecule has 17 heavy (non-hydrogen) atoms. The molecule has 1 N–H and O–H groups in total. The van der Waals surface area contributed by atoms with E-state index in [9.17, 15) is 4.79 Å². The lowest BCUT2D eigenvalue weighted by atomic mass is 10.2. The fourth-order valence-electron chi connectivity index (χ4n) is 1.45. The Labute approximate surface area is 106 Å². The predicted octanol–water partition coefficient (Wildman–Crippen LogP) is 2.25. The van der Waals surface area contributed by atoms with Crippen LogP contribution in [0, 0.1) is 0 Å². The van der Waals surface area contributed by atoms with Crippen molar-refractivity contribution < 1.29 is 9.90 Å². The number of hydrogen-bond donors (Lipinski definition) is 1. The van der Waals surface area contributed by atoms with Crippen LogP contribution in [0.3, 0.4) is 0 Å². The number of rotatable bonds is 6. The van der Waals surface area contributed by atoms with Gasteiger partial charge in [-0.2, -0.15) is 0 Å². The Morgan fingerprint density at radius 2 is 2.24 bits per heavy atom. The highest BCUT2D eigenvalue weighted by Gasteiger charge is 2.09. The molecule has 1 aromatic rings. The Kier molecular flexibility index (Phi) is 5.31. The van der Waals surface area contributed by atoms with Crippen LogP contribution in [0.1, 0.15) is 28.9 Å². The lowest BCUT2D eigenvalue weighted by Gasteiger charge is -2.04. The van der Waals surface area contributed by atoms with Gasteiger partial charge in [0.1, 0.15) is 5.01 Å². The maximum Gasteiger partial charge on any atom is 0.328 e. The summed E-state index contributed by atoms with van der Waals surface area (Å²) < 4.78 is 0. The summed E-state index contributed by atoms with van der Waals surface area (Å²) in [5.41, 5.74) is 1.01. The number of carbonyl (C=O) groups is 1. The van der Waals surface area contributed by atoms with Gasteiger partial charge in [0.05, 0.1) is 10.6 Å². The molecule has 1 aromatic heterocycles. The topological polar surface area (TPSA) is 53.4 Å². The van der Waals surface area contributed by atoms with Crippen LogP contribution in [-0.4, -0.2) is 35.1 Å². The van der Waals surface area contributed by atoms with E-state index in [-0.39, 0.29) is 0 Å². The third-order valence-electron chi connectivity index (χ3n) is 2.09. The molecule has 0 aliphatic heterocycles. The molecule has 5 heteroatoms. The Morgan fingerprint density at radius 1 is 1.53 bits per heavy atom. The molecule has 0 aromatic carbocycles. The second kappa shape index (κ2) is 6.51. The normalized spacial score (nSPS) is 11.5. The van der Waals surface area contributed by atoms with Gasteiger partial charge in [-0.25, -0.2) is 9.78 Å². The van der Waals surface area contributed by atoms with Gasteiger partial charge in [0.2, 0.25) is 0 Å². The van der Waals surface area contributed by atoms with Gasteiger partial charge in [0.25, 0.3) is 0 Å². The highest BCUT2D eigenvalue weighted by molar-refractivity contribution is 7.12. The van der Waals surface area contributed by atoms with E-state index in [1.165, 1.54) is 6.08 Å². The molecule has 0 fully saturated rings. The lowest BCUT2D eigenvalue weighted by Crippen LogP contribution is -2.10. The van der Waals surface area contributed by atoms with Gasteiger partial charge in [-0.1, -0.05) is 13.3 Å². The number of hydrogen-bond acceptors (Lipinski definition) is 4. The van der Waals surface area contributed by atoms with Crippen LogP contribution < -0.4 is 0 Å². The molecule has 0 radical (unpaired) electrons. The van der Waals surface area contributed by atoms with Crippen molar-refractivity contribution in [3.8, 4) is 0 Å². The van der Waals surface area contributed by atoms with Crippen molar-refractivity contribution in [1.29, 1.82) is 0 Å². The second-order valence-corrected chi connectivity index (χ2v) is 5.19. The van der Waals surface area contributed by atoms with E-state index >= 15 is 0 Å². The highest BCUT2D eigenvalue weighted by atomic mass is 32.1. The van der Waals surface area contributed by atoms with Gasteiger partial charge in [-0.15, -0.1) is 11.3 Å². The van der Waals surface area contributed by atoms with E-state index in [0.717, 1.165) is 35.0 Å². The van der Waals surface area contributed by atoms with E-state index in [0.29, 0.717) is 0 Å². The fourth-order valence-corrected chi connectivity index (χ4v) is 2.58. The van der Waals surface area contributed by atoms with Crippen molar-refractivity contribution >= 4 is 23.4 Å². The predicted molar refractivity (Wildman–Crippen MR) is 70.2 cm³/mol. The molecular weight excluding hydrogens is 236 g/mol. The Hall–Kier alpha value is -1.20. The van der Waals surface area contributed by atoms with Gasteiger partial charge in [0, 0.05) is 12.6 Å². The number of carboxylic acid groups (broad SMARTS) is 1. The van der Waals surface area contributed by atoms with Gasteiger partial charge in [-0.3, -0.25) is 0 Å². The SMILES string of the molecule is CCCc1nc(CN(C)C)sc1/C=C/C(=O)O. The summed E-state index contributed by atoms with van der Waals surface area (Å²) in [4.78, 5) is 18.1. The zero-order valence-electron chi connectivity index (χ0n) is 10.4. The standard InChI is InChI=1S/C12H18N2O2S/c1-4-5-9-10(6-7-12(15)16)17-11(13-9)8-14(2)3/h6-7H,4-5,8H2,1-3H3,(H,15,16)/b7-6+. The molecular formula is C12H18N2O2S. The van der Waals surface area contributed by atoms with E-state index in [1.54, 1.807) is 17.4 Å². The highest BCUT2D eigenvalue weighted by Crippen LogP contribution is 2.22. The van der Waals surface area contributed by atoms with E-state index in [2.05, 4.69) is 16.8 Å². The van der Waals surface area contributed by atoms with Crippen molar-refractivity contribution in [2.75, 3.05) is 14.1 Å². The summed E-state index contributed by atoms with van der Waals surface area (Å²) in [6.07, 6.45) is 4.72. The maximum atomic E-state index is 10.5. The first-order valence-corrected chi connectivity index (χ1v) is 6.39. The zero-order valence-corrected chi connectivity index (χ0v) is 11.3. The average Bonchev–Trinajstić information content (AvgIpc) is 2.57. The lowest BCUT2D eigenvalue weighted by molar-refractivity contribution is -0.131. The zero-order chi connectivity index (χ0) is 12.8. The molecule has 0 aliphatic carbocycles. The van der Waals surface area contributed by atoms with Crippen molar-refractivity contribution in [2.24, 2.45) is 0 Å². The molecule has 94 valence electrons. The monoisotopic (exact) mass is 254 g/mol. The van der Waals surface area contributed by atoms with Crippen LogP contribution in [0.4, 0.5) is 0 Å². The molecule has 0 spiro atoms. The number of aliphatic carboxylic acids is 1. The molecule has 0 atom stereocenters. The van der Waals surface area contributed by atoms with Crippen molar-refractivity contribution in [3.63, 3.8) is 0 Å². The molecule has 0 aliphatic rings. The number of nitrogens with zero attached hydrogens (tertiary/aromatic N) is 2. The van der Waals surface area contributed by atoms with Crippen LogP contribution in [0.25, 0.3) is 6.08 Å². The number of aromatic nitrogens is 1. The molecule has 0 saturated carbocycles. The number of thiazole rings is 1. The van der Waals surface area contributed by atoms with E-state index in [4.69, 9.17) is 5.11 Å². The van der Waals surface area contributed by atoms with Crippen molar-refractivity contribution in [3.05, 3.63) is 21.7 Å². The van der Waals surface area contributed by atoms with Gasteiger partial charge in [0.15, 0.2) is 0 Å². The quantitative estimate of drug-likeness (QED) is 0.791. The van der Waals surface area contributed by atoms with Crippen molar-refractivity contribution in [1.82, 2.24) is 9.88 Å². The first kappa shape index (κ1) is 13.9. The molecule has 0 bridgehead atoms. The smallest absolute Gasteiger partial charge is 0.328 e. The van der Waals surface area contributed by atoms with Gasteiger partial charge >= 0.3 is 5.97 Å². The van der Waals surface area contributed by atoms with Crippen molar-refractivity contribution in [2.45, 2.75) is 26.3 Å². The molecule has 0 saturated heterocycles.